The molecule has 3 heterocycles. The second-order valence-corrected chi connectivity index (χ2v) is 9.60. The number of nitrogens with one attached hydrogen (secondary N) is 2. The monoisotopic (exact) mass is 463 g/mol. The molecule has 0 saturated carbocycles. The zero-order chi connectivity index (χ0) is 20.8. The molecule has 0 atom stereocenters. The Labute approximate surface area is 175 Å². The Balaban J connectivity index is 1.86. The van der Waals surface area contributed by atoms with Crippen LogP contribution in [0.2, 0.25) is 0 Å². The van der Waals surface area contributed by atoms with E-state index in [-0.39, 0.29) is 11.3 Å². The molecular weight excluding hydrogens is 442 g/mol. The van der Waals surface area contributed by atoms with E-state index in [1.807, 2.05) is 13.8 Å². The Morgan fingerprint density at radius 1 is 1.14 bits per heavy atom. The predicted octanol–water partition coefficient (Wildman–Crippen LogP) is 3.78. The smallest absolute Gasteiger partial charge is 0.286 e. The van der Waals surface area contributed by atoms with E-state index in [1.54, 1.807) is 23.9 Å². The normalized spacial score (nSPS) is 11.7. The zero-order valence-corrected chi connectivity index (χ0v) is 19.0. The molecule has 0 saturated heterocycles. The highest BCUT2D eigenvalue weighted by Crippen LogP contribution is 2.33. The molecular formula is C19H22BrN5O2S. The van der Waals surface area contributed by atoms with Crippen LogP contribution in [0.15, 0.2) is 16.7 Å². The Hall–Kier alpha value is -2.26. The van der Waals surface area contributed by atoms with E-state index in [0.29, 0.717) is 10.6 Å². The summed E-state index contributed by atoms with van der Waals surface area (Å²) in [5, 5.41) is 0.890. The third-order valence-corrected chi connectivity index (χ3v) is 5.96. The number of aryl methyl sites for hydroxylation is 3. The summed E-state index contributed by atoms with van der Waals surface area (Å²) in [4.78, 5) is 35.5. The molecule has 9 heteroatoms. The summed E-state index contributed by atoms with van der Waals surface area (Å²) < 4.78 is 2.46. The van der Waals surface area contributed by atoms with Crippen LogP contribution in [0.1, 0.15) is 58.0 Å². The van der Waals surface area contributed by atoms with Gasteiger partial charge in [-0.15, -0.1) is 11.3 Å². The number of nitrogens with zero attached hydrogens (tertiary/aromatic N) is 3. The van der Waals surface area contributed by atoms with Gasteiger partial charge in [0.15, 0.2) is 0 Å². The fourth-order valence-electron chi connectivity index (χ4n) is 2.88. The van der Waals surface area contributed by atoms with Gasteiger partial charge in [-0.25, -0.2) is 9.97 Å². The standard InChI is InChI=1S/C19H22BrN5O2S/c1-9-13-10(2)21-18(19(3,4)5)22-17(13)28-14(9)16(27)24-23-15(26)12-7-11(20)8-25(12)6/h7-8H,1-6H3,(H,23,26)(H,24,27). The molecule has 0 spiro atoms. The maximum Gasteiger partial charge on any atom is 0.286 e. The molecule has 28 heavy (non-hydrogen) atoms. The van der Waals surface area contributed by atoms with Gasteiger partial charge in [-0.3, -0.25) is 20.4 Å². The van der Waals surface area contributed by atoms with E-state index >= 15 is 0 Å². The van der Waals surface area contributed by atoms with Crippen molar-refractivity contribution < 1.29 is 9.59 Å². The number of aromatic nitrogens is 3. The number of thiophene rings is 1. The van der Waals surface area contributed by atoms with Gasteiger partial charge in [0.25, 0.3) is 11.8 Å². The highest BCUT2D eigenvalue weighted by molar-refractivity contribution is 9.10. The SMILES string of the molecule is Cc1nc(C(C)(C)C)nc2sc(C(=O)NNC(=O)c3cc(Br)cn3C)c(C)c12. The van der Waals surface area contributed by atoms with Gasteiger partial charge >= 0.3 is 0 Å². The number of rotatable bonds is 2. The lowest BCUT2D eigenvalue weighted by molar-refractivity contribution is 0.0844. The van der Waals surface area contributed by atoms with Crippen LogP contribution in [0.5, 0.6) is 0 Å². The van der Waals surface area contributed by atoms with Crippen LogP contribution < -0.4 is 10.9 Å². The van der Waals surface area contributed by atoms with Crippen molar-refractivity contribution in [3.63, 3.8) is 0 Å². The predicted molar refractivity (Wildman–Crippen MR) is 114 cm³/mol. The van der Waals surface area contributed by atoms with Crippen LogP contribution in [-0.2, 0) is 12.5 Å². The molecule has 7 nitrogen and oxygen atoms in total. The van der Waals surface area contributed by atoms with Gasteiger partial charge in [-0.2, -0.15) is 0 Å². The summed E-state index contributed by atoms with van der Waals surface area (Å²) in [6, 6.07) is 1.68. The van der Waals surface area contributed by atoms with E-state index in [0.717, 1.165) is 31.8 Å². The van der Waals surface area contributed by atoms with Crippen molar-refractivity contribution in [1.29, 1.82) is 0 Å². The van der Waals surface area contributed by atoms with Gasteiger partial charge in [0.2, 0.25) is 0 Å². The van der Waals surface area contributed by atoms with E-state index < -0.39 is 5.91 Å². The fourth-order valence-corrected chi connectivity index (χ4v) is 4.53. The fraction of sp³-hybridized carbons (Fsp3) is 0.368. The lowest BCUT2D eigenvalue weighted by Gasteiger charge is -2.16. The topological polar surface area (TPSA) is 88.9 Å². The largest absolute Gasteiger partial charge is 0.345 e. The van der Waals surface area contributed by atoms with Crippen molar-refractivity contribution in [2.45, 2.75) is 40.0 Å². The molecule has 0 aliphatic rings. The molecule has 2 amide bonds. The van der Waals surface area contributed by atoms with Crippen molar-refractivity contribution in [3.8, 4) is 0 Å². The van der Waals surface area contributed by atoms with Crippen molar-refractivity contribution >= 4 is 49.3 Å². The van der Waals surface area contributed by atoms with E-state index in [9.17, 15) is 9.59 Å². The first-order valence-corrected chi connectivity index (χ1v) is 10.3. The zero-order valence-electron chi connectivity index (χ0n) is 16.6. The number of amides is 2. The van der Waals surface area contributed by atoms with Crippen LogP contribution in [0, 0.1) is 13.8 Å². The number of carbonyl (C=O) groups is 2. The van der Waals surface area contributed by atoms with Gasteiger partial charge in [-0.05, 0) is 41.4 Å². The second-order valence-electron chi connectivity index (χ2n) is 7.68. The maximum atomic E-state index is 12.7. The number of hydrogen-bond donors (Lipinski definition) is 2. The van der Waals surface area contributed by atoms with Gasteiger partial charge in [-0.1, -0.05) is 20.8 Å². The van der Waals surface area contributed by atoms with Crippen LogP contribution in [0.3, 0.4) is 0 Å². The summed E-state index contributed by atoms with van der Waals surface area (Å²) in [6.07, 6.45) is 1.77. The molecule has 3 rings (SSSR count). The number of fused-ring (bicyclic) bond motifs is 1. The summed E-state index contributed by atoms with van der Waals surface area (Å²) >= 11 is 4.63. The first-order valence-electron chi connectivity index (χ1n) is 8.69. The van der Waals surface area contributed by atoms with E-state index in [2.05, 4.69) is 57.5 Å². The molecule has 3 aromatic rings. The number of carbonyl (C=O) groups excluding carboxylic acids is 2. The minimum absolute atomic E-state index is 0.184. The lowest BCUT2D eigenvalue weighted by atomic mass is 9.95. The Kier molecular flexibility index (Phi) is 5.33. The van der Waals surface area contributed by atoms with Crippen LogP contribution in [0.25, 0.3) is 10.2 Å². The molecule has 3 aromatic heterocycles. The number of hydrazine groups is 1. The number of halogens is 1. The molecule has 0 aliphatic heterocycles. The summed E-state index contributed by atoms with van der Waals surface area (Å²) in [7, 11) is 1.76. The average Bonchev–Trinajstić information content (AvgIpc) is 3.11. The van der Waals surface area contributed by atoms with Gasteiger partial charge in [0, 0.05) is 28.5 Å². The lowest BCUT2D eigenvalue weighted by Crippen LogP contribution is -2.42. The number of hydrogen-bond acceptors (Lipinski definition) is 5. The maximum absolute atomic E-state index is 12.7. The quantitative estimate of drug-likeness (QED) is 0.565. The molecule has 148 valence electrons. The van der Waals surface area contributed by atoms with Crippen molar-refractivity contribution in [3.05, 3.63) is 44.4 Å². The van der Waals surface area contributed by atoms with Crippen LogP contribution >= 0.6 is 27.3 Å². The summed E-state index contributed by atoms with van der Waals surface area (Å²) in [6.45, 7) is 9.96. The first kappa shape index (κ1) is 20.5. The Morgan fingerprint density at radius 3 is 2.36 bits per heavy atom. The van der Waals surface area contributed by atoms with E-state index in [4.69, 9.17) is 0 Å². The first-order chi connectivity index (χ1) is 13.0. The summed E-state index contributed by atoms with van der Waals surface area (Å²) in [5.41, 5.74) is 6.86. The van der Waals surface area contributed by atoms with Crippen molar-refractivity contribution in [2.75, 3.05) is 0 Å². The van der Waals surface area contributed by atoms with Crippen LogP contribution in [0.4, 0.5) is 0 Å². The van der Waals surface area contributed by atoms with Crippen LogP contribution in [-0.4, -0.2) is 26.3 Å². The van der Waals surface area contributed by atoms with Gasteiger partial charge < -0.3 is 4.57 Å². The summed E-state index contributed by atoms with van der Waals surface area (Å²) in [5.74, 6) is -0.0292. The Morgan fingerprint density at radius 2 is 1.79 bits per heavy atom. The van der Waals surface area contributed by atoms with Crippen molar-refractivity contribution in [2.24, 2.45) is 7.05 Å². The molecule has 0 radical (unpaired) electrons. The highest BCUT2D eigenvalue weighted by Gasteiger charge is 2.23. The van der Waals surface area contributed by atoms with Gasteiger partial charge in [0.05, 0.1) is 10.6 Å². The molecule has 2 N–H and O–H groups in total. The highest BCUT2D eigenvalue weighted by atomic mass is 79.9. The second kappa shape index (κ2) is 7.29. The Bertz CT molecular complexity index is 1090. The minimum atomic E-state index is -0.397. The molecule has 0 fully saturated rings. The van der Waals surface area contributed by atoms with Crippen molar-refractivity contribution in [1.82, 2.24) is 25.4 Å². The molecule has 0 aliphatic carbocycles. The third kappa shape index (κ3) is 3.81. The minimum Gasteiger partial charge on any atom is -0.345 e. The third-order valence-electron chi connectivity index (χ3n) is 4.34. The molecule has 0 bridgehead atoms. The average molecular weight is 464 g/mol. The molecule has 0 unspecified atom stereocenters. The molecule has 0 aromatic carbocycles. The van der Waals surface area contributed by atoms with Gasteiger partial charge in [0.1, 0.15) is 16.3 Å². The van der Waals surface area contributed by atoms with E-state index in [1.165, 1.54) is 11.3 Å².